The van der Waals surface area contributed by atoms with E-state index in [2.05, 4.69) is 15.0 Å². The Bertz CT molecular complexity index is 1120. The van der Waals surface area contributed by atoms with Crippen LogP contribution in [0.4, 0.5) is 4.39 Å². The third-order valence-electron chi connectivity index (χ3n) is 3.63. The summed E-state index contributed by atoms with van der Waals surface area (Å²) in [6.45, 7) is -0.109. The van der Waals surface area contributed by atoms with Gasteiger partial charge in [-0.1, -0.05) is 35.0 Å². The molecule has 1 aromatic heterocycles. The van der Waals surface area contributed by atoms with Gasteiger partial charge in [0.1, 0.15) is 11.3 Å². The van der Waals surface area contributed by atoms with E-state index in [1.54, 1.807) is 24.3 Å². The minimum absolute atomic E-state index is 0.0416. The third kappa shape index (κ3) is 4.24. The summed E-state index contributed by atoms with van der Waals surface area (Å²) in [7, 11) is -3.65. The van der Waals surface area contributed by atoms with Crippen LogP contribution in [0.25, 0.3) is 10.9 Å². The number of rotatable bonds is 6. The van der Waals surface area contributed by atoms with E-state index in [1.165, 1.54) is 12.1 Å². The molecular weight excluding hydrogens is 383 g/mol. The fourth-order valence-corrected chi connectivity index (χ4v) is 3.82. The van der Waals surface area contributed by atoms with Gasteiger partial charge in [-0.3, -0.25) is 4.79 Å². The molecule has 136 valence electrons. The Morgan fingerprint density at radius 1 is 1.19 bits per heavy atom. The number of hydrogen-bond donors (Lipinski definition) is 1. The number of hydrogen-bond acceptors (Lipinski definition) is 5. The molecule has 2 aromatic carbocycles. The van der Waals surface area contributed by atoms with Crippen molar-refractivity contribution in [3.63, 3.8) is 0 Å². The Hall–Kier alpha value is -2.36. The first-order valence-corrected chi connectivity index (χ1v) is 9.62. The Morgan fingerprint density at radius 3 is 2.73 bits per heavy atom. The van der Waals surface area contributed by atoms with Crippen molar-refractivity contribution in [3.8, 4) is 0 Å². The molecule has 1 N–H and O–H groups in total. The van der Waals surface area contributed by atoms with Gasteiger partial charge < -0.3 is 0 Å². The maximum absolute atomic E-state index is 13.3. The molecule has 0 saturated heterocycles. The van der Waals surface area contributed by atoms with Gasteiger partial charge in [0, 0.05) is 11.6 Å². The molecule has 0 atom stereocenters. The highest BCUT2D eigenvalue weighted by molar-refractivity contribution is 7.88. The summed E-state index contributed by atoms with van der Waals surface area (Å²) in [5.41, 5.74) is 0.201. The molecule has 0 fully saturated rings. The zero-order valence-corrected chi connectivity index (χ0v) is 15.0. The standard InChI is InChI=1S/C16H14ClFN4O3S/c17-14-4-2-1-3-11(14)10-26(24,25)19-7-8-22-16(23)13-9-12(18)5-6-15(13)20-21-22/h1-6,9,19H,7-8,10H2. The minimum atomic E-state index is -3.65. The minimum Gasteiger partial charge on any atom is -0.267 e. The molecule has 3 aromatic rings. The maximum atomic E-state index is 13.3. The summed E-state index contributed by atoms with van der Waals surface area (Å²) in [4.78, 5) is 12.3. The summed E-state index contributed by atoms with van der Waals surface area (Å²) >= 11 is 5.96. The fraction of sp³-hybridized carbons (Fsp3) is 0.188. The van der Waals surface area contributed by atoms with Crippen LogP contribution in [-0.2, 0) is 22.3 Å². The van der Waals surface area contributed by atoms with Gasteiger partial charge >= 0.3 is 0 Å². The van der Waals surface area contributed by atoms with Crippen LogP contribution in [0.5, 0.6) is 0 Å². The van der Waals surface area contributed by atoms with Crippen molar-refractivity contribution in [2.45, 2.75) is 12.3 Å². The summed E-state index contributed by atoms with van der Waals surface area (Å²) in [6, 6.07) is 10.2. The second kappa shape index (κ2) is 7.48. The smallest absolute Gasteiger partial charge is 0.267 e. The number of aromatic nitrogens is 3. The summed E-state index contributed by atoms with van der Waals surface area (Å²) < 4.78 is 40.9. The highest BCUT2D eigenvalue weighted by Crippen LogP contribution is 2.17. The van der Waals surface area contributed by atoms with Crippen LogP contribution in [0.2, 0.25) is 5.02 Å². The van der Waals surface area contributed by atoms with Gasteiger partial charge in [-0.25, -0.2) is 22.2 Å². The molecule has 0 spiro atoms. The number of benzene rings is 2. The number of halogens is 2. The lowest BCUT2D eigenvalue weighted by atomic mass is 10.2. The van der Waals surface area contributed by atoms with Crippen LogP contribution in [0.1, 0.15) is 5.56 Å². The van der Waals surface area contributed by atoms with E-state index >= 15 is 0 Å². The molecular formula is C16H14ClFN4O3S. The van der Waals surface area contributed by atoms with E-state index in [0.29, 0.717) is 10.6 Å². The average molecular weight is 397 g/mol. The molecule has 0 bridgehead atoms. The van der Waals surface area contributed by atoms with Gasteiger partial charge in [-0.05, 0) is 29.8 Å². The molecule has 0 amide bonds. The molecule has 26 heavy (non-hydrogen) atoms. The average Bonchev–Trinajstić information content (AvgIpc) is 2.59. The number of nitrogens with one attached hydrogen (secondary N) is 1. The maximum Gasteiger partial charge on any atom is 0.277 e. The van der Waals surface area contributed by atoms with Crippen molar-refractivity contribution in [1.82, 2.24) is 19.7 Å². The predicted octanol–water partition coefficient (Wildman–Crippen LogP) is 1.70. The van der Waals surface area contributed by atoms with Gasteiger partial charge in [0.2, 0.25) is 10.0 Å². The van der Waals surface area contributed by atoms with E-state index in [0.717, 1.165) is 10.7 Å². The van der Waals surface area contributed by atoms with Crippen molar-refractivity contribution < 1.29 is 12.8 Å². The Balaban J connectivity index is 1.70. The SMILES string of the molecule is O=c1c2cc(F)ccc2nnn1CCNS(=O)(=O)Cc1ccccc1Cl. The monoisotopic (exact) mass is 396 g/mol. The molecule has 0 aliphatic carbocycles. The molecule has 0 aliphatic heterocycles. The number of fused-ring (bicyclic) bond motifs is 1. The van der Waals surface area contributed by atoms with E-state index in [1.807, 2.05) is 0 Å². The van der Waals surface area contributed by atoms with E-state index in [-0.39, 0.29) is 29.7 Å². The quantitative estimate of drug-likeness (QED) is 0.684. The third-order valence-corrected chi connectivity index (χ3v) is 5.34. The van der Waals surface area contributed by atoms with Crippen LogP contribution < -0.4 is 10.3 Å². The number of nitrogens with zero attached hydrogens (tertiary/aromatic N) is 3. The van der Waals surface area contributed by atoms with Crippen molar-refractivity contribution in [3.05, 3.63) is 69.2 Å². The van der Waals surface area contributed by atoms with Gasteiger partial charge in [-0.2, -0.15) is 0 Å². The summed E-state index contributed by atoms with van der Waals surface area (Å²) in [5.74, 6) is -0.842. The predicted molar refractivity (Wildman–Crippen MR) is 95.8 cm³/mol. The van der Waals surface area contributed by atoms with Crippen LogP contribution in [-0.4, -0.2) is 30.0 Å². The topological polar surface area (TPSA) is 93.9 Å². The lowest BCUT2D eigenvalue weighted by Gasteiger charge is -2.09. The van der Waals surface area contributed by atoms with Crippen molar-refractivity contribution in [2.75, 3.05) is 6.54 Å². The zero-order valence-electron chi connectivity index (χ0n) is 13.4. The molecule has 3 rings (SSSR count). The molecule has 0 aliphatic rings. The largest absolute Gasteiger partial charge is 0.277 e. The Kier molecular flexibility index (Phi) is 5.30. The fourth-order valence-electron chi connectivity index (χ4n) is 2.37. The lowest BCUT2D eigenvalue weighted by molar-refractivity contribution is 0.530. The Morgan fingerprint density at radius 2 is 1.96 bits per heavy atom. The van der Waals surface area contributed by atoms with Crippen molar-refractivity contribution >= 4 is 32.5 Å². The van der Waals surface area contributed by atoms with Gasteiger partial charge in [0.25, 0.3) is 5.56 Å². The van der Waals surface area contributed by atoms with Crippen molar-refractivity contribution in [2.24, 2.45) is 0 Å². The molecule has 1 heterocycles. The van der Waals surface area contributed by atoms with Gasteiger partial charge in [-0.15, -0.1) is 5.10 Å². The van der Waals surface area contributed by atoms with Crippen LogP contribution in [0.15, 0.2) is 47.3 Å². The normalized spacial score (nSPS) is 11.8. The molecule has 10 heteroatoms. The first-order valence-electron chi connectivity index (χ1n) is 7.59. The molecule has 0 unspecified atom stereocenters. The summed E-state index contributed by atoms with van der Waals surface area (Å²) in [5, 5.41) is 8.00. The zero-order chi connectivity index (χ0) is 18.7. The first kappa shape index (κ1) is 18.4. The molecule has 0 radical (unpaired) electrons. The van der Waals surface area contributed by atoms with Crippen LogP contribution in [0, 0.1) is 5.82 Å². The van der Waals surface area contributed by atoms with E-state index in [9.17, 15) is 17.6 Å². The second-order valence-electron chi connectivity index (χ2n) is 5.52. The lowest BCUT2D eigenvalue weighted by Crippen LogP contribution is -2.33. The number of sulfonamides is 1. The Labute approximate surface area is 153 Å². The first-order chi connectivity index (χ1) is 12.4. The van der Waals surface area contributed by atoms with Crippen LogP contribution >= 0.6 is 11.6 Å². The highest BCUT2D eigenvalue weighted by atomic mass is 35.5. The van der Waals surface area contributed by atoms with Crippen LogP contribution in [0.3, 0.4) is 0 Å². The molecule has 7 nitrogen and oxygen atoms in total. The van der Waals surface area contributed by atoms with E-state index in [4.69, 9.17) is 11.6 Å². The van der Waals surface area contributed by atoms with Crippen molar-refractivity contribution in [1.29, 1.82) is 0 Å². The van der Waals surface area contributed by atoms with Gasteiger partial charge in [0.15, 0.2) is 0 Å². The summed E-state index contributed by atoms with van der Waals surface area (Å²) in [6.07, 6.45) is 0. The molecule has 0 saturated carbocycles. The second-order valence-corrected chi connectivity index (χ2v) is 7.74. The van der Waals surface area contributed by atoms with E-state index < -0.39 is 21.4 Å². The van der Waals surface area contributed by atoms with Gasteiger partial charge in [0.05, 0.1) is 17.7 Å². The highest BCUT2D eigenvalue weighted by Gasteiger charge is 2.14.